The van der Waals surface area contributed by atoms with E-state index in [-0.39, 0.29) is 23.0 Å². The lowest BCUT2D eigenvalue weighted by Crippen LogP contribution is -2.57. The molecule has 2 aliphatic rings. The summed E-state index contributed by atoms with van der Waals surface area (Å²) in [5.74, 6) is -0.595. The molecule has 2 aliphatic heterocycles. The number of rotatable bonds is 8. The van der Waals surface area contributed by atoms with Crippen LogP contribution in [-0.2, 0) is 36.7 Å². The number of carbonyl (C=O) groups is 2. The molecular formula is C32H40Cl2F3N3O4S. The van der Waals surface area contributed by atoms with E-state index in [1.54, 1.807) is 39.0 Å². The van der Waals surface area contributed by atoms with Crippen molar-refractivity contribution in [2.75, 3.05) is 40.3 Å². The lowest BCUT2D eigenvalue weighted by atomic mass is 9.83. The number of halogens is 5. The van der Waals surface area contributed by atoms with E-state index in [0.717, 1.165) is 16.0 Å². The molecule has 2 amide bonds. The summed E-state index contributed by atoms with van der Waals surface area (Å²) >= 11 is 11.6. The lowest BCUT2D eigenvalue weighted by Gasteiger charge is -2.46. The zero-order valence-corrected chi connectivity index (χ0v) is 28.5. The highest BCUT2D eigenvalue weighted by atomic mass is 35.5. The molecule has 2 aromatic rings. The second-order valence-electron chi connectivity index (χ2n) is 13.0. The van der Waals surface area contributed by atoms with Crippen molar-refractivity contribution in [2.45, 2.75) is 74.3 Å². The molecule has 7 nitrogen and oxygen atoms in total. The van der Waals surface area contributed by atoms with Gasteiger partial charge in [-0.05, 0) is 56.1 Å². The summed E-state index contributed by atoms with van der Waals surface area (Å²) < 4.78 is 58.3. The van der Waals surface area contributed by atoms with Gasteiger partial charge in [0.2, 0.25) is 5.91 Å². The number of fused-ring (bicyclic) bond motifs is 2. The molecule has 45 heavy (non-hydrogen) atoms. The fourth-order valence-electron chi connectivity index (χ4n) is 6.33. The third kappa shape index (κ3) is 8.04. The summed E-state index contributed by atoms with van der Waals surface area (Å²) in [6, 6.07) is 12.8. The van der Waals surface area contributed by atoms with Crippen LogP contribution in [0, 0.1) is 0 Å². The van der Waals surface area contributed by atoms with Gasteiger partial charge in [0.25, 0.3) is 0 Å². The van der Waals surface area contributed by atoms with Crippen molar-refractivity contribution >= 4 is 46.4 Å². The fourth-order valence-corrected chi connectivity index (χ4v) is 8.52. The van der Waals surface area contributed by atoms with Gasteiger partial charge in [0.1, 0.15) is 17.8 Å². The summed E-state index contributed by atoms with van der Waals surface area (Å²) in [7, 11) is 2.81. The van der Waals surface area contributed by atoms with E-state index in [1.165, 1.54) is 19.0 Å². The van der Waals surface area contributed by atoms with Crippen molar-refractivity contribution in [1.82, 2.24) is 14.7 Å². The minimum atomic E-state index is -4.70. The Bertz CT molecular complexity index is 1400. The summed E-state index contributed by atoms with van der Waals surface area (Å²) in [6.07, 6.45) is -5.44. The highest BCUT2D eigenvalue weighted by Gasteiger charge is 2.52. The maximum Gasteiger partial charge on any atom is 0.410 e. The average molecular weight is 691 g/mol. The number of ether oxygens (including phenoxy) is 1. The number of likely N-dealkylation sites (N-methyl/N-ethyl adjacent to an activating group) is 2. The molecule has 13 heteroatoms. The molecule has 0 aromatic heterocycles. The van der Waals surface area contributed by atoms with Crippen LogP contribution in [0.3, 0.4) is 0 Å². The van der Waals surface area contributed by atoms with Crippen molar-refractivity contribution in [3.8, 4) is 0 Å². The second kappa shape index (κ2) is 13.5. The monoisotopic (exact) mass is 689 g/mol. The van der Waals surface area contributed by atoms with Crippen molar-refractivity contribution < 1.29 is 32.0 Å². The van der Waals surface area contributed by atoms with Crippen LogP contribution in [0.5, 0.6) is 0 Å². The maximum atomic E-state index is 13.6. The molecule has 0 N–H and O–H groups in total. The summed E-state index contributed by atoms with van der Waals surface area (Å²) in [5, 5.41) is 0.463. The first-order valence-electron chi connectivity index (χ1n) is 14.8. The van der Waals surface area contributed by atoms with E-state index in [2.05, 4.69) is 11.0 Å². The number of likely N-dealkylation sites (tertiary alicyclic amines) is 1. The van der Waals surface area contributed by atoms with Gasteiger partial charge in [-0.3, -0.25) is 9.69 Å². The Labute approximate surface area is 276 Å². The Hall–Kier alpha value is -2.18. The first-order chi connectivity index (χ1) is 20.9. The number of nitrogens with zero attached hydrogens (tertiary/aromatic N) is 3. The van der Waals surface area contributed by atoms with Gasteiger partial charge in [0.15, 0.2) is 4.75 Å². The third-order valence-electron chi connectivity index (χ3n) is 8.78. The number of benzene rings is 2. The molecule has 2 atom stereocenters. The maximum absolute atomic E-state index is 13.6. The molecule has 4 rings (SSSR count). The molecule has 2 heterocycles. The van der Waals surface area contributed by atoms with Gasteiger partial charge in [0, 0.05) is 64.2 Å². The predicted molar refractivity (Wildman–Crippen MR) is 171 cm³/mol. The zero-order chi connectivity index (χ0) is 33.4. The molecule has 1 saturated heterocycles. The van der Waals surface area contributed by atoms with Crippen LogP contribution in [0.25, 0.3) is 0 Å². The Kier molecular flexibility index (Phi) is 10.7. The quantitative estimate of drug-likeness (QED) is 0.276. The molecular weight excluding hydrogens is 650 g/mol. The average Bonchev–Trinajstić information content (AvgIpc) is 3.21. The fraction of sp³-hybridized carbons (Fsp3) is 0.562. The van der Waals surface area contributed by atoms with Gasteiger partial charge in [-0.1, -0.05) is 53.5 Å². The Balaban J connectivity index is 1.67. The van der Waals surface area contributed by atoms with E-state index in [0.29, 0.717) is 43.8 Å². The molecule has 0 saturated carbocycles. The molecule has 0 bridgehead atoms. The minimum Gasteiger partial charge on any atom is -0.615 e. The highest BCUT2D eigenvalue weighted by Crippen LogP contribution is 2.49. The van der Waals surface area contributed by atoms with E-state index < -0.39 is 51.7 Å². The molecule has 0 aliphatic carbocycles. The third-order valence-corrected chi connectivity index (χ3v) is 11.6. The van der Waals surface area contributed by atoms with Crippen LogP contribution < -0.4 is 0 Å². The number of piperidine rings is 1. The molecule has 248 valence electrons. The predicted octanol–water partition coefficient (Wildman–Crippen LogP) is 7.11. The van der Waals surface area contributed by atoms with Crippen molar-refractivity contribution in [1.29, 1.82) is 0 Å². The Morgan fingerprint density at radius 1 is 1.04 bits per heavy atom. The molecule has 2 aromatic carbocycles. The lowest BCUT2D eigenvalue weighted by molar-refractivity contribution is -0.161. The number of carbonyl (C=O) groups excluding carboxylic acids is 2. The minimum absolute atomic E-state index is 0.197. The molecule has 1 fully saturated rings. The standard InChI is InChI=1S/C32H40Cl2F3N3O4S/c1-29(2,3)44-28(42)39(5)30(23-10-11-25(33)26(34)18-23,21-38(4)27(41)19-32(35,36)37)12-15-40-16-13-31(14-17-40)24-9-7-6-8-22(24)20-45(31)43/h6-11,18H,12-17,19-21H2,1-5H3. The van der Waals surface area contributed by atoms with Gasteiger partial charge in [-0.25, -0.2) is 4.79 Å². The van der Waals surface area contributed by atoms with Gasteiger partial charge in [0.05, 0.1) is 15.6 Å². The topological polar surface area (TPSA) is 76.2 Å². The number of alkyl halides is 3. The van der Waals surface area contributed by atoms with Crippen LogP contribution in [0.15, 0.2) is 42.5 Å². The van der Waals surface area contributed by atoms with E-state index in [4.69, 9.17) is 27.9 Å². The summed E-state index contributed by atoms with van der Waals surface area (Å²) in [5.41, 5.74) is 0.554. The van der Waals surface area contributed by atoms with Gasteiger partial charge in [-0.2, -0.15) is 13.2 Å². The normalized spacial score (nSPS) is 19.6. The van der Waals surface area contributed by atoms with Crippen molar-refractivity contribution in [2.24, 2.45) is 0 Å². The molecule has 2 unspecified atom stereocenters. The van der Waals surface area contributed by atoms with Gasteiger partial charge < -0.3 is 19.1 Å². The zero-order valence-electron chi connectivity index (χ0n) is 26.2. The smallest absolute Gasteiger partial charge is 0.410 e. The summed E-state index contributed by atoms with van der Waals surface area (Å²) in [4.78, 5) is 30.9. The number of hydrogen-bond donors (Lipinski definition) is 0. The number of amides is 2. The van der Waals surface area contributed by atoms with Crippen LogP contribution in [0.4, 0.5) is 18.0 Å². The highest BCUT2D eigenvalue weighted by molar-refractivity contribution is 7.92. The van der Waals surface area contributed by atoms with Crippen LogP contribution in [0.1, 0.15) is 63.1 Å². The SMILES string of the molecule is CN(CC(CCN1CCC2(CC1)c1ccccc1C[S+]2[O-])(c1ccc(Cl)c(Cl)c1)N(C)C(=O)OC(C)(C)C)C(=O)CC(F)(F)F. The number of hydrogen-bond acceptors (Lipinski definition) is 5. The van der Waals surface area contributed by atoms with E-state index in [9.17, 15) is 27.3 Å². The Morgan fingerprint density at radius 2 is 1.69 bits per heavy atom. The van der Waals surface area contributed by atoms with E-state index >= 15 is 0 Å². The van der Waals surface area contributed by atoms with Crippen LogP contribution in [0.2, 0.25) is 10.0 Å². The largest absolute Gasteiger partial charge is 0.615 e. The van der Waals surface area contributed by atoms with Crippen LogP contribution in [-0.4, -0.2) is 83.3 Å². The molecule has 0 radical (unpaired) electrons. The van der Waals surface area contributed by atoms with Crippen molar-refractivity contribution in [3.63, 3.8) is 0 Å². The summed E-state index contributed by atoms with van der Waals surface area (Å²) in [6.45, 7) is 6.59. The first-order valence-corrected chi connectivity index (χ1v) is 16.9. The molecule has 1 spiro atoms. The van der Waals surface area contributed by atoms with Crippen LogP contribution >= 0.6 is 23.2 Å². The van der Waals surface area contributed by atoms with Gasteiger partial charge in [-0.15, -0.1) is 0 Å². The Morgan fingerprint density at radius 3 is 2.29 bits per heavy atom. The first kappa shape index (κ1) is 35.7. The van der Waals surface area contributed by atoms with E-state index in [1.807, 2.05) is 18.2 Å². The van der Waals surface area contributed by atoms with Crippen molar-refractivity contribution in [3.05, 3.63) is 69.2 Å². The van der Waals surface area contributed by atoms with Gasteiger partial charge >= 0.3 is 12.3 Å². The second-order valence-corrected chi connectivity index (χ2v) is 15.6.